The number of aryl methyl sites for hydroxylation is 1. The lowest BCUT2D eigenvalue weighted by Gasteiger charge is -2.24. The zero-order chi connectivity index (χ0) is 14.5. The molecule has 106 valence electrons. The lowest BCUT2D eigenvalue weighted by atomic mass is 10.0. The van der Waals surface area contributed by atoms with E-state index in [0.717, 1.165) is 18.7 Å². The molecule has 0 fully saturated rings. The van der Waals surface area contributed by atoms with Gasteiger partial charge in [-0.25, -0.2) is 4.39 Å². The van der Waals surface area contributed by atoms with Crippen LogP contribution < -0.4 is 10.6 Å². The molecule has 0 heterocycles. The molecule has 2 rings (SSSR count). The molecule has 0 unspecified atom stereocenters. The molecule has 0 amide bonds. The van der Waals surface area contributed by atoms with Gasteiger partial charge in [0.15, 0.2) is 0 Å². The summed E-state index contributed by atoms with van der Waals surface area (Å²) >= 11 is 0. The Balaban J connectivity index is 2.38. The molecule has 0 bridgehead atoms. The second-order valence-corrected chi connectivity index (χ2v) is 4.85. The van der Waals surface area contributed by atoms with Crippen molar-refractivity contribution in [2.75, 3.05) is 18.0 Å². The van der Waals surface area contributed by atoms with Gasteiger partial charge in [0.1, 0.15) is 5.82 Å². The normalized spacial score (nSPS) is 10.6. The fraction of sp³-hybridized carbons (Fsp3) is 0.294. The smallest absolute Gasteiger partial charge is 0.146 e. The van der Waals surface area contributed by atoms with Crippen LogP contribution in [0.4, 0.5) is 15.8 Å². The van der Waals surface area contributed by atoms with Crippen LogP contribution in [0.2, 0.25) is 0 Å². The van der Waals surface area contributed by atoms with Crippen LogP contribution in [0.15, 0.2) is 42.5 Å². The van der Waals surface area contributed by atoms with Crippen LogP contribution in [0.1, 0.15) is 18.1 Å². The van der Waals surface area contributed by atoms with Gasteiger partial charge in [-0.3, -0.25) is 0 Å². The first-order valence-electron chi connectivity index (χ1n) is 6.99. The lowest BCUT2D eigenvalue weighted by Crippen LogP contribution is -2.17. The van der Waals surface area contributed by atoms with Gasteiger partial charge in [0, 0.05) is 12.2 Å². The van der Waals surface area contributed by atoms with Gasteiger partial charge in [-0.2, -0.15) is 0 Å². The quantitative estimate of drug-likeness (QED) is 0.897. The van der Waals surface area contributed by atoms with Crippen LogP contribution in [0, 0.1) is 12.7 Å². The van der Waals surface area contributed by atoms with E-state index in [0.29, 0.717) is 12.2 Å². The highest BCUT2D eigenvalue weighted by Gasteiger charge is 2.12. The molecule has 0 atom stereocenters. The van der Waals surface area contributed by atoms with Crippen LogP contribution in [-0.4, -0.2) is 13.1 Å². The van der Waals surface area contributed by atoms with E-state index in [2.05, 4.69) is 19.1 Å². The Morgan fingerprint density at radius 1 is 1.15 bits per heavy atom. The predicted octanol–water partition coefficient (Wildman–Crippen LogP) is 3.79. The fourth-order valence-electron chi connectivity index (χ4n) is 2.45. The molecule has 0 aromatic heterocycles. The van der Waals surface area contributed by atoms with Crippen molar-refractivity contribution in [3.05, 3.63) is 59.4 Å². The number of nitrogens with two attached hydrogens (primary N) is 1. The monoisotopic (exact) mass is 272 g/mol. The molecule has 0 aliphatic carbocycles. The maximum Gasteiger partial charge on any atom is 0.146 e. The van der Waals surface area contributed by atoms with Crippen molar-refractivity contribution in [1.82, 2.24) is 0 Å². The molecular weight excluding hydrogens is 251 g/mol. The second-order valence-electron chi connectivity index (χ2n) is 4.85. The van der Waals surface area contributed by atoms with Gasteiger partial charge >= 0.3 is 0 Å². The molecular formula is C17H21FN2. The van der Waals surface area contributed by atoms with Crippen molar-refractivity contribution < 1.29 is 4.39 Å². The van der Waals surface area contributed by atoms with E-state index in [1.54, 1.807) is 6.07 Å². The van der Waals surface area contributed by atoms with Crippen molar-refractivity contribution >= 4 is 11.4 Å². The largest absolute Gasteiger partial charge is 0.339 e. The topological polar surface area (TPSA) is 29.3 Å². The Bertz CT molecular complexity index is 581. The Labute approximate surface area is 120 Å². The molecule has 3 heteroatoms. The zero-order valence-electron chi connectivity index (χ0n) is 12.1. The highest BCUT2D eigenvalue weighted by atomic mass is 19.1. The van der Waals surface area contributed by atoms with E-state index in [4.69, 9.17) is 5.73 Å². The minimum Gasteiger partial charge on any atom is -0.339 e. The summed E-state index contributed by atoms with van der Waals surface area (Å²) in [5, 5.41) is 0. The standard InChI is InChI=1S/C17H21FN2/c1-3-20(17-7-5-4-6-16(17)18)15-9-8-14(10-11-19)13(2)12-15/h4-9,12H,3,10-11,19H2,1-2H3. The fourth-order valence-corrected chi connectivity index (χ4v) is 2.45. The average molecular weight is 272 g/mol. The molecule has 0 radical (unpaired) electrons. The number of para-hydroxylation sites is 1. The first-order valence-corrected chi connectivity index (χ1v) is 6.99. The van der Waals surface area contributed by atoms with Crippen molar-refractivity contribution in [2.24, 2.45) is 5.73 Å². The van der Waals surface area contributed by atoms with Gasteiger partial charge < -0.3 is 10.6 Å². The summed E-state index contributed by atoms with van der Waals surface area (Å²) in [4.78, 5) is 1.98. The number of nitrogens with zero attached hydrogens (tertiary/aromatic N) is 1. The third kappa shape index (κ3) is 2.99. The molecule has 20 heavy (non-hydrogen) atoms. The number of benzene rings is 2. The molecule has 0 saturated heterocycles. The number of hydrogen-bond donors (Lipinski definition) is 1. The van der Waals surface area contributed by atoms with Crippen molar-refractivity contribution in [1.29, 1.82) is 0 Å². The maximum atomic E-state index is 14.0. The van der Waals surface area contributed by atoms with Crippen LogP contribution in [0.3, 0.4) is 0 Å². The molecule has 2 aromatic carbocycles. The van der Waals surface area contributed by atoms with E-state index in [1.165, 1.54) is 17.2 Å². The average Bonchev–Trinajstić information content (AvgIpc) is 2.45. The van der Waals surface area contributed by atoms with E-state index in [9.17, 15) is 4.39 Å². The van der Waals surface area contributed by atoms with Gasteiger partial charge in [-0.05, 0) is 62.2 Å². The summed E-state index contributed by atoms with van der Waals surface area (Å²) in [6.45, 7) is 5.46. The molecule has 0 saturated carbocycles. The highest BCUT2D eigenvalue weighted by Crippen LogP contribution is 2.29. The minimum absolute atomic E-state index is 0.196. The number of halogens is 1. The Hall–Kier alpha value is -1.87. The summed E-state index contributed by atoms with van der Waals surface area (Å²) in [5.74, 6) is -0.196. The summed E-state index contributed by atoms with van der Waals surface area (Å²) in [7, 11) is 0. The zero-order valence-corrected chi connectivity index (χ0v) is 12.1. The van der Waals surface area contributed by atoms with Gasteiger partial charge in [0.05, 0.1) is 5.69 Å². The van der Waals surface area contributed by atoms with Gasteiger partial charge in [-0.15, -0.1) is 0 Å². The number of anilines is 2. The van der Waals surface area contributed by atoms with Gasteiger partial charge in [0.2, 0.25) is 0 Å². The predicted molar refractivity (Wildman–Crippen MR) is 83.0 cm³/mol. The Morgan fingerprint density at radius 2 is 1.90 bits per heavy atom. The Morgan fingerprint density at radius 3 is 2.50 bits per heavy atom. The molecule has 0 spiro atoms. The first kappa shape index (κ1) is 14.5. The van der Waals surface area contributed by atoms with E-state index < -0.39 is 0 Å². The second kappa shape index (κ2) is 6.53. The third-order valence-corrected chi connectivity index (χ3v) is 3.51. The van der Waals surface area contributed by atoms with Crippen LogP contribution in [0.5, 0.6) is 0 Å². The molecule has 2 N–H and O–H groups in total. The van der Waals surface area contributed by atoms with Crippen LogP contribution >= 0.6 is 0 Å². The van der Waals surface area contributed by atoms with Crippen molar-refractivity contribution in [3.8, 4) is 0 Å². The summed E-state index contributed by atoms with van der Waals surface area (Å²) in [5.41, 5.74) is 9.67. The number of hydrogen-bond acceptors (Lipinski definition) is 2. The maximum absolute atomic E-state index is 14.0. The summed E-state index contributed by atoms with van der Waals surface area (Å²) in [6.07, 6.45) is 0.873. The minimum atomic E-state index is -0.196. The van der Waals surface area contributed by atoms with E-state index >= 15 is 0 Å². The van der Waals surface area contributed by atoms with Crippen LogP contribution in [0.25, 0.3) is 0 Å². The summed E-state index contributed by atoms with van der Waals surface area (Å²) in [6, 6.07) is 13.1. The highest BCUT2D eigenvalue weighted by molar-refractivity contribution is 5.64. The SMILES string of the molecule is CCN(c1ccc(CCN)c(C)c1)c1ccccc1F. The van der Waals surface area contributed by atoms with Gasteiger partial charge in [-0.1, -0.05) is 18.2 Å². The molecule has 0 aliphatic heterocycles. The molecule has 2 aromatic rings. The van der Waals surface area contributed by atoms with Gasteiger partial charge in [0.25, 0.3) is 0 Å². The molecule has 0 aliphatic rings. The van der Waals surface area contributed by atoms with Crippen molar-refractivity contribution in [3.63, 3.8) is 0 Å². The van der Waals surface area contributed by atoms with E-state index in [-0.39, 0.29) is 5.82 Å². The van der Waals surface area contributed by atoms with E-state index in [1.807, 2.05) is 30.0 Å². The van der Waals surface area contributed by atoms with Crippen LogP contribution in [-0.2, 0) is 6.42 Å². The summed E-state index contributed by atoms with van der Waals surface area (Å²) < 4.78 is 14.0. The van der Waals surface area contributed by atoms with Crippen molar-refractivity contribution in [2.45, 2.75) is 20.3 Å². The molecule has 2 nitrogen and oxygen atoms in total. The first-order chi connectivity index (χ1) is 9.67. The Kier molecular flexibility index (Phi) is 4.74. The third-order valence-electron chi connectivity index (χ3n) is 3.51. The number of rotatable bonds is 5. The lowest BCUT2D eigenvalue weighted by molar-refractivity contribution is 0.625.